The lowest BCUT2D eigenvalue weighted by Gasteiger charge is -2.05. The van der Waals surface area contributed by atoms with E-state index >= 15 is 0 Å². The third-order valence-corrected chi connectivity index (χ3v) is 8.07. The number of aromatic nitrogens is 1. The van der Waals surface area contributed by atoms with Crippen LogP contribution in [0.5, 0.6) is 0 Å². The van der Waals surface area contributed by atoms with E-state index in [1.807, 2.05) is 24.3 Å². The molecule has 35 heavy (non-hydrogen) atoms. The summed E-state index contributed by atoms with van der Waals surface area (Å²) in [6, 6.07) is 16.1. The van der Waals surface area contributed by atoms with E-state index in [9.17, 15) is 13.2 Å². The van der Waals surface area contributed by atoms with Gasteiger partial charge in [-0.2, -0.15) is 0 Å². The second kappa shape index (κ2) is 11.3. The molecule has 0 aliphatic rings. The number of nitrogens with two attached hydrogens (primary N) is 1. The molecule has 0 saturated carbocycles. The van der Waals surface area contributed by atoms with Gasteiger partial charge >= 0.3 is 0 Å². The van der Waals surface area contributed by atoms with E-state index < -0.39 is 9.84 Å². The highest BCUT2D eigenvalue weighted by Crippen LogP contribution is 2.29. The highest BCUT2D eigenvalue weighted by Gasteiger charge is 2.15. The van der Waals surface area contributed by atoms with Crippen molar-refractivity contribution in [2.45, 2.75) is 38.4 Å². The highest BCUT2D eigenvalue weighted by atomic mass is 35.5. The van der Waals surface area contributed by atoms with Crippen molar-refractivity contribution in [3.8, 4) is 0 Å². The van der Waals surface area contributed by atoms with E-state index in [4.69, 9.17) is 22.1 Å². The fourth-order valence-corrected chi connectivity index (χ4v) is 5.55. The summed E-state index contributed by atoms with van der Waals surface area (Å²) in [5.74, 6) is 0.513. The number of ketones is 1. The van der Waals surface area contributed by atoms with Gasteiger partial charge in [-0.05, 0) is 47.2 Å². The van der Waals surface area contributed by atoms with Crippen molar-refractivity contribution in [3.05, 3.63) is 86.7 Å². The van der Waals surface area contributed by atoms with E-state index in [1.54, 1.807) is 36.5 Å². The van der Waals surface area contributed by atoms with Gasteiger partial charge in [0, 0.05) is 29.1 Å². The zero-order valence-corrected chi connectivity index (χ0v) is 20.8. The molecular weight excluding hydrogens is 504 g/mol. The quantitative estimate of drug-likeness (QED) is 0.262. The van der Waals surface area contributed by atoms with Crippen molar-refractivity contribution >= 4 is 55.1 Å². The maximum atomic E-state index is 12.8. The third kappa shape index (κ3) is 6.67. The average molecular weight is 531 g/mol. The fourth-order valence-electron chi connectivity index (χ4n) is 3.56. The van der Waals surface area contributed by atoms with Gasteiger partial charge in [-0.25, -0.2) is 13.4 Å². The maximum Gasteiger partial charge on any atom is 0.175 e. The molecule has 4 rings (SSSR count). The molecule has 0 amide bonds. The predicted octanol–water partition coefficient (Wildman–Crippen LogP) is 6.10. The van der Waals surface area contributed by atoms with Gasteiger partial charge in [-0.15, -0.1) is 11.3 Å². The molecule has 0 bridgehead atoms. The SMILES string of the molecule is C.CS(=O)(=O)c1cccc(COCc2sc(C(=O)CCc3ccc4c(N)nccc4c3)cc2Cl)c1. The summed E-state index contributed by atoms with van der Waals surface area (Å²) in [5, 5.41) is 2.39. The van der Waals surface area contributed by atoms with Crippen molar-refractivity contribution in [2.24, 2.45) is 0 Å². The van der Waals surface area contributed by atoms with Gasteiger partial charge in [0.05, 0.1) is 28.0 Å². The number of fused-ring (bicyclic) bond motifs is 1. The summed E-state index contributed by atoms with van der Waals surface area (Å²) in [5.41, 5.74) is 7.70. The molecule has 2 aromatic heterocycles. The number of pyridine rings is 1. The topological polar surface area (TPSA) is 99.4 Å². The van der Waals surface area contributed by atoms with E-state index in [2.05, 4.69) is 4.98 Å². The van der Waals surface area contributed by atoms with Gasteiger partial charge in [0.1, 0.15) is 5.82 Å². The molecule has 0 aliphatic heterocycles. The first-order chi connectivity index (χ1) is 16.2. The van der Waals surface area contributed by atoms with Crippen LogP contribution in [0.2, 0.25) is 5.02 Å². The molecule has 0 radical (unpaired) electrons. The first kappa shape index (κ1) is 26.8. The Balaban J connectivity index is 0.00000342. The number of thiophene rings is 1. The van der Waals surface area contributed by atoms with E-state index in [-0.39, 0.29) is 31.3 Å². The van der Waals surface area contributed by atoms with E-state index in [0.29, 0.717) is 28.6 Å². The van der Waals surface area contributed by atoms with Crippen LogP contribution in [0.4, 0.5) is 5.82 Å². The van der Waals surface area contributed by atoms with Crippen LogP contribution in [0.25, 0.3) is 10.8 Å². The minimum absolute atomic E-state index is 0. The van der Waals surface area contributed by atoms with E-state index in [0.717, 1.165) is 26.8 Å². The summed E-state index contributed by atoms with van der Waals surface area (Å²) in [6.45, 7) is 0.475. The van der Waals surface area contributed by atoms with Crippen LogP contribution < -0.4 is 5.73 Å². The Labute approximate surface area is 214 Å². The lowest BCUT2D eigenvalue weighted by Crippen LogP contribution is -1.99. The Hall–Kier alpha value is -2.78. The largest absolute Gasteiger partial charge is 0.383 e. The Morgan fingerprint density at radius 2 is 1.89 bits per heavy atom. The number of halogens is 1. The van der Waals surface area contributed by atoms with Crippen LogP contribution >= 0.6 is 22.9 Å². The van der Waals surface area contributed by atoms with Crippen LogP contribution in [0.1, 0.15) is 39.5 Å². The summed E-state index contributed by atoms with van der Waals surface area (Å²) in [7, 11) is -3.27. The van der Waals surface area contributed by atoms with Gasteiger partial charge in [-0.1, -0.05) is 49.4 Å². The van der Waals surface area contributed by atoms with Crippen LogP contribution in [0, 0.1) is 0 Å². The minimum atomic E-state index is -3.27. The second-order valence-corrected chi connectivity index (χ2v) is 11.5. The lowest BCUT2D eigenvalue weighted by atomic mass is 10.0. The van der Waals surface area contributed by atoms with Gasteiger partial charge in [0.25, 0.3) is 0 Å². The normalized spacial score (nSPS) is 11.4. The molecule has 0 saturated heterocycles. The molecule has 0 fully saturated rings. The zero-order chi connectivity index (χ0) is 24.3. The summed E-state index contributed by atoms with van der Waals surface area (Å²) in [6.07, 6.45) is 3.81. The number of anilines is 1. The molecule has 9 heteroatoms. The number of rotatable bonds is 9. The summed E-state index contributed by atoms with van der Waals surface area (Å²) in [4.78, 5) is 18.5. The molecule has 0 unspecified atom stereocenters. The molecule has 6 nitrogen and oxygen atoms in total. The molecule has 0 atom stereocenters. The maximum absolute atomic E-state index is 12.8. The van der Waals surface area contributed by atoms with Gasteiger partial charge in [0.15, 0.2) is 15.6 Å². The molecule has 2 aromatic carbocycles. The summed E-state index contributed by atoms with van der Waals surface area (Å²) < 4.78 is 29.2. The average Bonchev–Trinajstić information content (AvgIpc) is 3.18. The fraction of sp³-hybridized carbons (Fsp3) is 0.231. The number of nitrogen functional groups attached to an aromatic ring is 1. The van der Waals surface area contributed by atoms with Crippen molar-refractivity contribution in [3.63, 3.8) is 0 Å². The monoisotopic (exact) mass is 530 g/mol. The van der Waals surface area contributed by atoms with Crippen molar-refractivity contribution in [1.82, 2.24) is 4.98 Å². The van der Waals surface area contributed by atoms with Gasteiger partial charge in [0.2, 0.25) is 0 Å². The molecule has 184 valence electrons. The molecular formula is C26H27ClN2O4S2. The molecule has 0 spiro atoms. The first-order valence-corrected chi connectivity index (χ1v) is 13.6. The van der Waals surface area contributed by atoms with Crippen LogP contribution in [0.3, 0.4) is 0 Å². The lowest BCUT2D eigenvalue weighted by molar-refractivity contribution is 0.0986. The highest BCUT2D eigenvalue weighted by molar-refractivity contribution is 7.90. The van der Waals surface area contributed by atoms with Gasteiger partial charge < -0.3 is 10.5 Å². The van der Waals surface area contributed by atoms with Crippen LogP contribution in [0.15, 0.2) is 65.7 Å². The Kier molecular flexibility index (Phi) is 8.66. The van der Waals surface area contributed by atoms with Crippen LogP contribution in [-0.2, 0) is 34.2 Å². The van der Waals surface area contributed by atoms with Crippen molar-refractivity contribution in [1.29, 1.82) is 0 Å². The standard InChI is InChI=1S/C25H23ClN2O4S2.CH4/c1-34(30,31)19-4-2-3-17(12-19)14-32-15-24-21(26)13-23(33-24)22(29)8-6-16-5-7-20-18(11-16)9-10-28-25(20)27;/h2-5,7,9-13H,6,8,14-15H2,1H3,(H2,27,28);1H4. The van der Waals surface area contributed by atoms with E-state index in [1.165, 1.54) is 17.6 Å². The smallest absolute Gasteiger partial charge is 0.175 e. The molecule has 4 aromatic rings. The number of ether oxygens (including phenoxy) is 1. The molecule has 0 aliphatic carbocycles. The van der Waals surface area contributed by atoms with Crippen LogP contribution in [-0.4, -0.2) is 25.4 Å². The second-order valence-electron chi connectivity index (χ2n) is 7.97. The van der Waals surface area contributed by atoms with Gasteiger partial charge in [-0.3, -0.25) is 4.79 Å². The van der Waals surface area contributed by atoms with Crippen molar-refractivity contribution < 1.29 is 17.9 Å². The Morgan fingerprint density at radius 1 is 1.09 bits per heavy atom. The Bertz CT molecular complexity index is 1470. The number of aryl methyl sites for hydroxylation is 1. The van der Waals surface area contributed by atoms with Crippen molar-refractivity contribution in [2.75, 3.05) is 12.0 Å². The number of carbonyl (C=O) groups excluding carboxylic acids is 1. The number of hydrogen-bond acceptors (Lipinski definition) is 7. The number of carbonyl (C=O) groups is 1. The number of Topliss-reactive ketones (excluding diaryl/α,β-unsaturated/α-hetero) is 1. The predicted molar refractivity (Wildman–Crippen MR) is 143 cm³/mol. The number of benzene rings is 2. The Morgan fingerprint density at radius 3 is 2.66 bits per heavy atom. The third-order valence-electron chi connectivity index (χ3n) is 5.36. The minimum Gasteiger partial charge on any atom is -0.383 e. The molecule has 2 N–H and O–H groups in total. The number of hydrogen-bond donors (Lipinski definition) is 1. The first-order valence-electron chi connectivity index (χ1n) is 10.5. The molecule has 2 heterocycles. The number of sulfone groups is 1. The summed E-state index contributed by atoms with van der Waals surface area (Å²) >= 11 is 7.66. The zero-order valence-electron chi connectivity index (χ0n) is 18.5. The number of nitrogens with zero attached hydrogens (tertiary/aromatic N) is 1.